The first-order valence-electron chi connectivity index (χ1n) is 10.1. The third-order valence-electron chi connectivity index (χ3n) is 6.22. The van der Waals surface area contributed by atoms with Gasteiger partial charge in [-0.3, -0.25) is 9.78 Å². The number of nitrogens with two attached hydrogens (primary N) is 1. The zero-order chi connectivity index (χ0) is 21.9. The van der Waals surface area contributed by atoms with Crippen molar-refractivity contribution in [1.82, 2.24) is 9.55 Å². The van der Waals surface area contributed by atoms with Gasteiger partial charge in [0.25, 0.3) is 0 Å². The molecule has 2 aliphatic rings. The van der Waals surface area contributed by atoms with Crippen LogP contribution in [0, 0.1) is 11.6 Å². The molecule has 0 spiro atoms. The van der Waals surface area contributed by atoms with Crippen LogP contribution in [0.15, 0.2) is 35.5 Å². The smallest absolute Gasteiger partial charge is 0.341 e. The number of halogens is 2. The molecular formula is C22H20F2N4O3. The Balaban J connectivity index is 1.69. The van der Waals surface area contributed by atoms with Gasteiger partial charge in [-0.05, 0) is 37.0 Å². The number of carbonyl (C=O) groups is 1. The number of fused-ring (bicyclic) bond motifs is 1. The zero-order valence-corrected chi connectivity index (χ0v) is 16.5. The van der Waals surface area contributed by atoms with Crippen molar-refractivity contribution in [2.75, 3.05) is 23.7 Å². The Bertz CT molecular complexity index is 1270. The second-order valence-corrected chi connectivity index (χ2v) is 8.14. The lowest BCUT2D eigenvalue weighted by Gasteiger charge is -2.24. The van der Waals surface area contributed by atoms with Crippen molar-refractivity contribution in [3.8, 4) is 0 Å². The largest absolute Gasteiger partial charge is 0.477 e. The lowest BCUT2D eigenvalue weighted by molar-refractivity contribution is 0.0695. The lowest BCUT2D eigenvalue weighted by Crippen LogP contribution is -2.26. The van der Waals surface area contributed by atoms with Gasteiger partial charge in [0.05, 0.1) is 16.6 Å². The van der Waals surface area contributed by atoms with Gasteiger partial charge in [0.2, 0.25) is 5.43 Å². The molecule has 0 radical (unpaired) electrons. The molecule has 1 aliphatic heterocycles. The summed E-state index contributed by atoms with van der Waals surface area (Å²) >= 11 is 0. The average molecular weight is 426 g/mol. The van der Waals surface area contributed by atoms with Crippen molar-refractivity contribution in [3.63, 3.8) is 0 Å². The average Bonchev–Trinajstić information content (AvgIpc) is 3.49. The van der Waals surface area contributed by atoms with Crippen molar-refractivity contribution in [2.24, 2.45) is 0 Å². The molecule has 1 atom stereocenters. The molecule has 3 heterocycles. The molecule has 0 amide bonds. The molecule has 9 heteroatoms. The quantitative estimate of drug-likeness (QED) is 0.621. The fraction of sp³-hybridized carbons (Fsp3) is 0.318. The number of nitrogen functional groups attached to an aromatic ring is 1. The Morgan fingerprint density at radius 1 is 1.16 bits per heavy atom. The van der Waals surface area contributed by atoms with E-state index in [1.54, 1.807) is 17.3 Å². The predicted molar refractivity (Wildman–Crippen MR) is 112 cm³/mol. The summed E-state index contributed by atoms with van der Waals surface area (Å²) in [5, 5.41) is 8.98. The molecule has 2 fully saturated rings. The van der Waals surface area contributed by atoms with Crippen LogP contribution < -0.4 is 16.1 Å². The Kier molecular flexibility index (Phi) is 4.42. The van der Waals surface area contributed by atoms with Gasteiger partial charge in [-0.2, -0.15) is 0 Å². The highest BCUT2D eigenvalue weighted by Crippen LogP contribution is 2.43. The first-order chi connectivity index (χ1) is 14.9. The van der Waals surface area contributed by atoms with E-state index in [9.17, 15) is 14.7 Å². The highest BCUT2D eigenvalue weighted by Gasteiger charge is 2.35. The van der Waals surface area contributed by atoms with Crippen LogP contribution >= 0.6 is 0 Å². The third kappa shape index (κ3) is 3.03. The number of hydrogen-bond donors (Lipinski definition) is 2. The maximum Gasteiger partial charge on any atom is 0.341 e. The Labute approximate surface area is 175 Å². The van der Waals surface area contributed by atoms with Gasteiger partial charge >= 0.3 is 5.97 Å². The third-order valence-corrected chi connectivity index (χ3v) is 6.22. The number of pyridine rings is 2. The van der Waals surface area contributed by atoms with Crippen molar-refractivity contribution < 1.29 is 18.7 Å². The molecule has 2 aromatic heterocycles. The molecule has 160 valence electrons. The monoisotopic (exact) mass is 426 g/mol. The lowest BCUT2D eigenvalue weighted by atomic mass is 10.00. The van der Waals surface area contributed by atoms with Gasteiger partial charge in [-0.1, -0.05) is 0 Å². The predicted octanol–water partition coefficient (Wildman–Crippen LogP) is 3.28. The van der Waals surface area contributed by atoms with Crippen molar-refractivity contribution in [2.45, 2.75) is 31.2 Å². The summed E-state index contributed by atoms with van der Waals surface area (Å²) in [6.07, 6.45) is 6.66. The molecule has 1 aliphatic carbocycles. The number of carboxylic acids is 1. The van der Waals surface area contributed by atoms with E-state index < -0.39 is 39.7 Å². The van der Waals surface area contributed by atoms with E-state index in [0.29, 0.717) is 19.5 Å². The molecule has 1 saturated carbocycles. The summed E-state index contributed by atoms with van der Waals surface area (Å²) < 4.78 is 32.6. The van der Waals surface area contributed by atoms with E-state index in [1.807, 2.05) is 12.1 Å². The molecule has 1 unspecified atom stereocenters. The first kappa shape index (κ1) is 19.5. The Morgan fingerprint density at radius 2 is 1.87 bits per heavy atom. The Morgan fingerprint density at radius 3 is 2.52 bits per heavy atom. The van der Waals surface area contributed by atoms with E-state index in [2.05, 4.69) is 4.98 Å². The topological polar surface area (TPSA) is 101 Å². The second kappa shape index (κ2) is 7.04. The van der Waals surface area contributed by atoms with Gasteiger partial charge in [0.15, 0.2) is 11.6 Å². The van der Waals surface area contributed by atoms with E-state index in [1.165, 1.54) is 4.57 Å². The SMILES string of the molecule is Nc1c(F)c(N2CCC(c3ccncc3)C2)c(F)c2c1c(=O)c(C(=O)O)cn2C1CC1. The van der Waals surface area contributed by atoms with Crippen LogP contribution in [0.5, 0.6) is 0 Å². The molecule has 31 heavy (non-hydrogen) atoms. The van der Waals surface area contributed by atoms with Crippen LogP contribution in [-0.4, -0.2) is 33.7 Å². The van der Waals surface area contributed by atoms with Gasteiger partial charge in [-0.25, -0.2) is 13.6 Å². The molecule has 5 rings (SSSR count). The van der Waals surface area contributed by atoms with Crippen molar-refractivity contribution >= 4 is 28.2 Å². The fourth-order valence-electron chi connectivity index (χ4n) is 4.49. The standard InChI is InChI=1S/C22H20F2N4O3/c23-16-18(25)15-19(28(13-1-2-13)10-14(21(15)29)22(30)31)17(24)20(16)27-8-5-12(9-27)11-3-6-26-7-4-11/h3-4,6-7,10,12-13H,1-2,5,8-9,25H2,(H,30,31). The molecular weight excluding hydrogens is 406 g/mol. The highest BCUT2D eigenvalue weighted by atomic mass is 19.1. The van der Waals surface area contributed by atoms with Crippen LogP contribution in [0.1, 0.15) is 47.1 Å². The summed E-state index contributed by atoms with van der Waals surface area (Å²) in [5.74, 6) is -3.27. The first-order valence-corrected chi connectivity index (χ1v) is 10.1. The van der Waals surface area contributed by atoms with Crippen molar-refractivity contribution in [1.29, 1.82) is 0 Å². The van der Waals surface area contributed by atoms with Crippen LogP contribution in [0.2, 0.25) is 0 Å². The minimum absolute atomic E-state index is 0.0822. The molecule has 3 N–H and O–H groups in total. The van der Waals surface area contributed by atoms with Crippen LogP contribution in [0.25, 0.3) is 10.9 Å². The second-order valence-electron chi connectivity index (χ2n) is 8.14. The minimum Gasteiger partial charge on any atom is -0.477 e. The molecule has 1 saturated heterocycles. The molecule has 0 bridgehead atoms. The van der Waals surface area contributed by atoms with Gasteiger partial charge in [0.1, 0.15) is 11.3 Å². The van der Waals surface area contributed by atoms with Gasteiger partial charge < -0.3 is 20.3 Å². The molecule has 3 aromatic rings. The number of rotatable bonds is 4. The van der Waals surface area contributed by atoms with Gasteiger partial charge in [-0.15, -0.1) is 0 Å². The van der Waals surface area contributed by atoms with Crippen LogP contribution in [0.3, 0.4) is 0 Å². The van der Waals surface area contributed by atoms with Crippen LogP contribution in [-0.2, 0) is 0 Å². The van der Waals surface area contributed by atoms with Crippen molar-refractivity contribution in [3.05, 3.63) is 63.7 Å². The van der Waals surface area contributed by atoms with E-state index in [0.717, 1.165) is 24.6 Å². The van der Waals surface area contributed by atoms with E-state index in [-0.39, 0.29) is 23.2 Å². The number of benzene rings is 1. The maximum absolute atomic E-state index is 15.8. The number of hydrogen-bond acceptors (Lipinski definition) is 5. The summed E-state index contributed by atoms with van der Waals surface area (Å²) in [7, 11) is 0. The number of anilines is 2. The van der Waals surface area contributed by atoms with E-state index >= 15 is 8.78 Å². The van der Waals surface area contributed by atoms with E-state index in [4.69, 9.17) is 5.73 Å². The molecule has 7 nitrogen and oxygen atoms in total. The number of aromatic carboxylic acids is 1. The summed E-state index contributed by atoms with van der Waals surface area (Å²) in [6.45, 7) is 0.816. The Hall–Kier alpha value is -3.49. The fourth-order valence-corrected chi connectivity index (χ4v) is 4.49. The summed E-state index contributed by atoms with van der Waals surface area (Å²) in [5.41, 5.74) is 4.59. The van der Waals surface area contributed by atoms with Crippen LogP contribution in [0.4, 0.5) is 20.2 Å². The normalized spacial score (nSPS) is 18.6. The maximum atomic E-state index is 15.8. The number of nitrogens with zero attached hydrogens (tertiary/aromatic N) is 3. The molecule has 1 aromatic carbocycles. The summed E-state index contributed by atoms with van der Waals surface area (Å²) in [6, 6.07) is 3.62. The summed E-state index contributed by atoms with van der Waals surface area (Å²) in [4.78, 5) is 29.9. The van der Waals surface area contributed by atoms with Gasteiger partial charge in [0, 0.05) is 43.6 Å². The zero-order valence-electron chi connectivity index (χ0n) is 16.5. The highest BCUT2D eigenvalue weighted by molar-refractivity contribution is 5.99. The minimum atomic E-state index is -1.45. The number of carboxylic acid groups (broad SMARTS) is 1. The number of aromatic nitrogens is 2.